The molecule has 0 bridgehead atoms. The number of hydrogen-bond donors (Lipinski definition) is 1. The van der Waals surface area contributed by atoms with Gasteiger partial charge >= 0.3 is 0 Å². The average Bonchev–Trinajstić information content (AvgIpc) is 2.37. The third-order valence-electron chi connectivity index (χ3n) is 2.59. The van der Waals surface area contributed by atoms with Crippen LogP contribution < -0.4 is 10.2 Å². The minimum atomic E-state index is 0.231. The van der Waals surface area contributed by atoms with Gasteiger partial charge in [0, 0.05) is 24.9 Å². The highest BCUT2D eigenvalue weighted by Crippen LogP contribution is 2.15. The van der Waals surface area contributed by atoms with Gasteiger partial charge in [-0.2, -0.15) is 26.7 Å². The van der Waals surface area contributed by atoms with Crippen LogP contribution in [0.2, 0.25) is 5.28 Å². The van der Waals surface area contributed by atoms with Crippen LogP contribution in [-0.4, -0.2) is 45.6 Å². The summed E-state index contributed by atoms with van der Waals surface area (Å²) in [6, 6.07) is 0.299. The Bertz CT molecular complexity index is 386. The maximum Gasteiger partial charge on any atom is 0.231 e. The van der Waals surface area contributed by atoms with Crippen molar-refractivity contribution in [3.8, 4) is 0 Å². The maximum atomic E-state index is 5.96. The molecule has 19 heavy (non-hydrogen) atoms. The molecule has 0 saturated carbocycles. The molecule has 1 rings (SSSR count). The van der Waals surface area contributed by atoms with Crippen molar-refractivity contribution in [2.45, 2.75) is 33.7 Å². The van der Waals surface area contributed by atoms with Crippen molar-refractivity contribution in [3.63, 3.8) is 0 Å². The zero-order chi connectivity index (χ0) is 14.3. The van der Waals surface area contributed by atoms with Crippen molar-refractivity contribution in [2.75, 3.05) is 34.8 Å². The number of nitrogens with one attached hydrogen (secondary N) is 1. The monoisotopic (exact) mass is 303 g/mol. The van der Waals surface area contributed by atoms with Crippen molar-refractivity contribution in [1.82, 2.24) is 15.0 Å². The molecule has 1 aromatic rings. The van der Waals surface area contributed by atoms with Crippen LogP contribution in [0.4, 0.5) is 11.9 Å². The summed E-state index contributed by atoms with van der Waals surface area (Å²) in [5.41, 5.74) is 0. The molecule has 0 aliphatic carbocycles. The molecule has 5 nitrogen and oxygen atoms in total. The molecule has 1 aromatic heterocycles. The largest absolute Gasteiger partial charge is 0.351 e. The molecule has 0 amide bonds. The minimum Gasteiger partial charge on any atom is -0.351 e. The topological polar surface area (TPSA) is 53.9 Å². The molecule has 1 heterocycles. The quantitative estimate of drug-likeness (QED) is 0.797. The lowest BCUT2D eigenvalue weighted by Gasteiger charge is -2.19. The Hall–Kier alpha value is -0.750. The molecule has 0 saturated heterocycles. The first-order valence-corrected chi connectivity index (χ1v) is 8.14. The van der Waals surface area contributed by atoms with Gasteiger partial charge in [0.05, 0.1) is 0 Å². The fraction of sp³-hybridized carbons (Fsp3) is 0.750. The van der Waals surface area contributed by atoms with E-state index >= 15 is 0 Å². The van der Waals surface area contributed by atoms with Gasteiger partial charge in [-0.3, -0.25) is 0 Å². The van der Waals surface area contributed by atoms with Crippen molar-refractivity contribution in [2.24, 2.45) is 0 Å². The number of thioether (sulfide) groups is 1. The Balaban J connectivity index is 2.78. The van der Waals surface area contributed by atoms with Crippen LogP contribution in [0.5, 0.6) is 0 Å². The minimum absolute atomic E-state index is 0.231. The standard InChI is InChI=1S/C12H22ClN5S/c1-5-18(6-2)12-16-10(13)15-11(17-12)14-9(4)8-19-7-3/h9H,5-8H2,1-4H3,(H,14,15,16,17). The van der Waals surface area contributed by atoms with E-state index in [1.807, 2.05) is 16.7 Å². The molecule has 1 unspecified atom stereocenters. The Morgan fingerprint density at radius 2 is 1.89 bits per heavy atom. The summed E-state index contributed by atoms with van der Waals surface area (Å²) in [6.45, 7) is 10.1. The summed E-state index contributed by atoms with van der Waals surface area (Å²) in [4.78, 5) is 14.8. The Labute approximate surface area is 124 Å². The van der Waals surface area contributed by atoms with Gasteiger partial charge in [-0.25, -0.2) is 0 Å². The van der Waals surface area contributed by atoms with Crippen LogP contribution in [0.15, 0.2) is 0 Å². The zero-order valence-corrected chi connectivity index (χ0v) is 13.6. The van der Waals surface area contributed by atoms with E-state index in [0.29, 0.717) is 17.9 Å². The van der Waals surface area contributed by atoms with Crippen molar-refractivity contribution in [3.05, 3.63) is 5.28 Å². The number of aromatic nitrogens is 3. The summed E-state index contributed by atoms with van der Waals surface area (Å²) >= 11 is 7.84. The summed E-state index contributed by atoms with van der Waals surface area (Å²) < 4.78 is 0. The molecule has 0 fully saturated rings. The zero-order valence-electron chi connectivity index (χ0n) is 12.0. The Morgan fingerprint density at radius 3 is 2.47 bits per heavy atom. The fourth-order valence-electron chi connectivity index (χ4n) is 1.61. The number of anilines is 2. The second-order valence-electron chi connectivity index (χ2n) is 4.11. The number of nitrogens with zero attached hydrogens (tertiary/aromatic N) is 4. The lowest BCUT2D eigenvalue weighted by molar-refractivity contribution is 0.803. The second kappa shape index (κ2) is 8.43. The Morgan fingerprint density at radius 1 is 1.21 bits per heavy atom. The summed E-state index contributed by atoms with van der Waals surface area (Å²) in [6.07, 6.45) is 0. The molecule has 0 aliphatic heterocycles. The Kier molecular flexibility index (Phi) is 7.23. The normalized spacial score (nSPS) is 12.3. The predicted molar refractivity (Wildman–Crippen MR) is 84.5 cm³/mol. The van der Waals surface area contributed by atoms with E-state index in [0.717, 1.165) is 24.6 Å². The van der Waals surface area contributed by atoms with Gasteiger partial charge in [-0.1, -0.05) is 6.92 Å². The van der Waals surface area contributed by atoms with Crippen LogP contribution >= 0.6 is 23.4 Å². The molecular weight excluding hydrogens is 282 g/mol. The second-order valence-corrected chi connectivity index (χ2v) is 5.76. The third-order valence-corrected chi connectivity index (χ3v) is 3.90. The first-order chi connectivity index (χ1) is 9.10. The molecular formula is C12H22ClN5S. The number of halogens is 1. The molecule has 1 atom stereocenters. The fourth-order valence-corrected chi connectivity index (χ4v) is 2.44. The maximum absolute atomic E-state index is 5.96. The van der Waals surface area contributed by atoms with E-state index in [1.165, 1.54) is 0 Å². The van der Waals surface area contributed by atoms with Gasteiger partial charge in [0.25, 0.3) is 0 Å². The van der Waals surface area contributed by atoms with E-state index < -0.39 is 0 Å². The van der Waals surface area contributed by atoms with E-state index in [4.69, 9.17) is 11.6 Å². The summed E-state index contributed by atoms with van der Waals surface area (Å²) in [5, 5.41) is 3.50. The van der Waals surface area contributed by atoms with Crippen molar-refractivity contribution in [1.29, 1.82) is 0 Å². The van der Waals surface area contributed by atoms with Crippen molar-refractivity contribution < 1.29 is 0 Å². The van der Waals surface area contributed by atoms with Crippen LogP contribution in [0.3, 0.4) is 0 Å². The lowest BCUT2D eigenvalue weighted by atomic mass is 10.4. The van der Waals surface area contributed by atoms with Gasteiger partial charge in [-0.05, 0) is 38.1 Å². The van der Waals surface area contributed by atoms with Crippen LogP contribution in [-0.2, 0) is 0 Å². The SMILES string of the molecule is CCSCC(C)Nc1nc(Cl)nc(N(CC)CC)n1. The first-order valence-electron chi connectivity index (χ1n) is 6.61. The third kappa shape index (κ3) is 5.40. The molecule has 0 aliphatic rings. The number of hydrogen-bond acceptors (Lipinski definition) is 6. The van der Waals surface area contributed by atoms with Gasteiger partial charge in [0.2, 0.25) is 17.2 Å². The van der Waals surface area contributed by atoms with Crippen LogP contribution in [0, 0.1) is 0 Å². The first kappa shape index (κ1) is 16.3. The van der Waals surface area contributed by atoms with Crippen LogP contribution in [0.25, 0.3) is 0 Å². The summed E-state index contributed by atoms with van der Waals surface area (Å²) in [7, 11) is 0. The van der Waals surface area contributed by atoms with Crippen molar-refractivity contribution >= 4 is 35.3 Å². The van der Waals surface area contributed by atoms with Gasteiger partial charge in [-0.15, -0.1) is 0 Å². The molecule has 0 aromatic carbocycles. The number of rotatable bonds is 8. The molecule has 0 radical (unpaired) electrons. The average molecular weight is 304 g/mol. The van der Waals surface area contributed by atoms with E-state index in [1.54, 1.807) is 0 Å². The van der Waals surface area contributed by atoms with Gasteiger partial charge in [0.15, 0.2) is 0 Å². The van der Waals surface area contributed by atoms with Crippen LogP contribution in [0.1, 0.15) is 27.7 Å². The van der Waals surface area contributed by atoms with E-state index in [2.05, 4.69) is 48.0 Å². The van der Waals surface area contributed by atoms with E-state index in [-0.39, 0.29) is 5.28 Å². The molecule has 7 heteroatoms. The molecule has 0 spiro atoms. The highest BCUT2D eigenvalue weighted by molar-refractivity contribution is 7.99. The van der Waals surface area contributed by atoms with Gasteiger partial charge < -0.3 is 10.2 Å². The summed E-state index contributed by atoms with van der Waals surface area (Å²) in [5.74, 6) is 3.30. The molecule has 108 valence electrons. The lowest BCUT2D eigenvalue weighted by Crippen LogP contribution is -2.26. The smallest absolute Gasteiger partial charge is 0.231 e. The highest BCUT2D eigenvalue weighted by Gasteiger charge is 2.11. The van der Waals surface area contributed by atoms with Gasteiger partial charge in [0.1, 0.15) is 0 Å². The van der Waals surface area contributed by atoms with E-state index in [9.17, 15) is 0 Å². The molecule has 1 N–H and O–H groups in total. The predicted octanol–water partition coefficient (Wildman–Crippen LogP) is 2.92. The highest BCUT2D eigenvalue weighted by atomic mass is 35.5.